The molecular formula is C31H34Cl2N2O2S. The van der Waals surface area contributed by atoms with E-state index in [4.69, 9.17) is 23.2 Å². The van der Waals surface area contributed by atoms with Gasteiger partial charge in [0.25, 0.3) is 0 Å². The van der Waals surface area contributed by atoms with Gasteiger partial charge in [0.15, 0.2) is 0 Å². The quantitative estimate of drug-likeness (QED) is 0.263. The Kier molecular flexibility index (Phi) is 11.0. The molecule has 200 valence electrons. The van der Waals surface area contributed by atoms with Gasteiger partial charge >= 0.3 is 0 Å². The Morgan fingerprint density at radius 1 is 0.868 bits per heavy atom. The van der Waals surface area contributed by atoms with Gasteiger partial charge < -0.3 is 10.2 Å². The van der Waals surface area contributed by atoms with E-state index < -0.39 is 6.04 Å². The van der Waals surface area contributed by atoms with Gasteiger partial charge in [-0.05, 0) is 47.7 Å². The number of rotatable bonds is 11. The van der Waals surface area contributed by atoms with Crippen LogP contribution in [-0.4, -0.2) is 34.6 Å². The minimum Gasteiger partial charge on any atom is -0.352 e. The molecule has 3 aromatic carbocycles. The average molecular weight is 570 g/mol. The molecule has 2 amide bonds. The second-order valence-electron chi connectivity index (χ2n) is 9.78. The molecule has 1 unspecified atom stereocenters. The molecule has 4 rings (SSSR count). The first kappa shape index (κ1) is 28.5. The maximum atomic E-state index is 13.8. The van der Waals surface area contributed by atoms with Crippen molar-refractivity contribution in [3.63, 3.8) is 0 Å². The predicted octanol–water partition coefficient (Wildman–Crippen LogP) is 7.32. The lowest BCUT2D eigenvalue weighted by molar-refractivity contribution is -0.139. The molecule has 0 aliphatic heterocycles. The Balaban J connectivity index is 1.56. The molecule has 0 saturated heterocycles. The van der Waals surface area contributed by atoms with Crippen molar-refractivity contribution in [1.29, 1.82) is 0 Å². The van der Waals surface area contributed by atoms with E-state index in [0.29, 0.717) is 22.2 Å². The van der Waals surface area contributed by atoms with Crippen LogP contribution in [-0.2, 0) is 28.3 Å². The second-order valence-corrected chi connectivity index (χ2v) is 11.6. The van der Waals surface area contributed by atoms with Gasteiger partial charge in [-0.3, -0.25) is 9.59 Å². The summed E-state index contributed by atoms with van der Waals surface area (Å²) in [6.45, 7) is 0.273. The monoisotopic (exact) mass is 568 g/mol. The molecule has 0 radical (unpaired) electrons. The van der Waals surface area contributed by atoms with Crippen LogP contribution >= 0.6 is 35.0 Å². The fourth-order valence-electron chi connectivity index (χ4n) is 4.83. The van der Waals surface area contributed by atoms with Crippen molar-refractivity contribution < 1.29 is 9.59 Å². The third-order valence-electron chi connectivity index (χ3n) is 6.93. The maximum absolute atomic E-state index is 13.8. The van der Waals surface area contributed by atoms with Crippen molar-refractivity contribution in [2.24, 2.45) is 0 Å². The van der Waals surface area contributed by atoms with Crippen LogP contribution < -0.4 is 5.32 Å². The van der Waals surface area contributed by atoms with Crippen molar-refractivity contribution in [2.45, 2.75) is 62.9 Å². The third-order valence-corrected chi connectivity index (χ3v) is 8.54. The van der Waals surface area contributed by atoms with Gasteiger partial charge in [0, 0.05) is 34.8 Å². The van der Waals surface area contributed by atoms with Crippen molar-refractivity contribution in [2.75, 3.05) is 5.75 Å². The van der Waals surface area contributed by atoms with Crippen LogP contribution in [0.3, 0.4) is 0 Å². The number of thioether (sulfide) groups is 1. The molecule has 0 aromatic heterocycles. The van der Waals surface area contributed by atoms with E-state index in [1.54, 1.807) is 4.90 Å². The van der Waals surface area contributed by atoms with Crippen LogP contribution in [0.15, 0.2) is 78.9 Å². The molecule has 1 N–H and O–H groups in total. The largest absolute Gasteiger partial charge is 0.352 e. The fraction of sp³-hybridized carbons (Fsp3) is 0.355. The van der Waals surface area contributed by atoms with Crippen LogP contribution in [0.4, 0.5) is 0 Å². The van der Waals surface area contributed by atoms with Crippen LogP contribution in [0, 0.1) is 0 Å². The highest BCUT2D eigenvalue weighted by Gasteiger charge is 2.32. The molecule has 4 nitrogen and oxygen atoms in total. The lowest BCUT2D eigenvalue weighted by atomic mass is 9.94. The van der Waals surface area contributed by atoms with Gasteiger partial charge in [0.1, 0.15) is 6.04 Å². The van der Waals surface area contributed by atoms with Gasteiger partial charge in [0.2, 0.25) is 11.8 Å². The summed E-state index contributed by atoms with van der Waals surface area (Å²) in [6, 6.07) is 24.6. The summed E-state index contributed by atoms with van der Waals surface area (Å²) in [5.74, 6) is 0.766. The van der Waals surface area contributed by atoms with Gasteiger partial charge in [-0.15, -0.1) is 11.8 Å². The highest BCUT2D eigenvalue weighted by atomic mass is 35.5. The number of halogens is 2. The number of carbonyl (C=O) groups excluding carboxylic acids is 2. The number of carbonyl (C=O) groups is 2. The summed E-state index contributed by atoms with van der Waals surface area (Å²) < 4.78 is 0. The Hall–Kier alpha value is -2.47. The van der Waals surface area contributed by atoms with Gasteiger partial charge in [0.05, 0.1) is 5.75 Å². The number of nitrogens with one attached hydrogen (secondary N) is 1. The van der Waals surface area contributed by atoms with Gasteiger partial charge in [-0.25, -0.2) is 0 Å². The van der Waals surface area contributed by atoms with Crippen molar-refractivity contribution >= 4 is 46.8 Å². The number of hydrogen-bond acceptors (Lipinski definition) is 3. The van der Waals surface area contributed by atoms with E-state index >= 15 is 0 Å². The zero-order valence-corrected chi connectivity index (χ0v) is 23.8. The first-order valence-electron chi connectivity index (χ1n) is 13.2. The summed E-state index contributed by atoms with van der Waals surface area (Å²) in [5, 5.41) is 4.55. The molecule has 1 saturated carbocycles. The highest BCUT2D eigenvalue weighted by molar-refractivity contribution is 7.99. The number of amides is 2. The van der Waals surface area contributed by atoms with E-state index in [2.05, 4.69) is 5.32 Å². The Labute approximate surface area is 240 Å². The first-order chi connectivity index (χ1) is 18.5. The SMILES string of the molecule is O=C(NC1CCCCC1)C(Cc1ccccc1)N(Cc1ccccc1Cl)C(=O)CSCc1ccc(Cl)cc1. The Morgan fingerprint density at radius 2 is 1.55 bits per heavy atom. The van der Waals surface area contributed by atoms with Crippen LogP contribution in [0.1, 0.15) is 48.8 Å². The van der Waals surface area contributed by atoms with Crippen molar-refractivity contribution in [1.82, 2.24) is 10.2 Å². The predicted molar refractivity (Wildman–Crippen MR) is 159 cm³/mol. The molecule has 1 fully saturated rings. The van der Waals surface area contributed by atoms with E-state index in [1.807, 2.05) is 78.9 Å². The standard InChI is InChI=1S/C31H34Cl2N2O2S/c32-26-17-15-24(16-18-26)21-38-22-30(36)35(20-25-11-7-8-14-28(25)33)29(19-23-9-3-1-4-10-23)31(37)34-27-12-5-2-6-13-27/h1,3-4,7-11,14-18,27,29H,2,5-6,12-13,19-22H2,(H,34,37). The van der Waals surface area contributed by atoms with E-state index in [-0.39, 0.29) is 30.2 Å². The zero-order chi connectivity index (χ0) is 26.7. The number of nitrogens with zero attached hydrogens (tertiary/aromatic N) is 1. The molecule has 7 heteroatoms. The van der Waals surface area contributed by atoms with Crippen LogP contribution in [0.25, 0.3) is 0 Å². The van der Waals surface area contributed by atoms with Crippen LogP contribution in [0.2, 0.25) is 10.0 Å². The summed E-state index contributed by atoms with van der Waals surface area (Å²) in [5.41, 5.74) is 2.94. The minimum atomic E-state index is -0.640. The molecule has 1 aliphatic rings. The lowest BCUT2D eigenvalue weighted by Gasteiger charge is -2.33. The number of benzene rings is 3. The van der Waals surface area contributed by atoms with E-state index in [1.165, 1.54) is 18.2 Å². The molecular weight excluding hydrogens is 535 g/mol. The van der Waals surface area contributed by atoms with Gasteiger partial charge in [-0.1, -0.05) is 103 Å². The molecule has 38 heavy (non-hydrogen) atoms. The molecule has 1 atom stereocenters. The summed E-state index contributed by atoms with van der Waals surface area (Å²) in [7, 11) is 0. The first-order valence-corrected chi connectivity index (χ1v) is 15.1. The third kappa shape index (κ3) is 8.52. The normalized spacial score (nSPS) is 14.6. The summed E-state index contributed by atoms with van der Waals surface area (Å²) in [4.78, 5) is 29.3. The van der Waals surface area contributed by atoms with Gasteiger partial charge in [-0.2, -0.15) is 0 Å². The smallest absolute Gasteiger partial charge is 0.243 e. The molecule has 3 aromatic rings. The van der Waals surface area contributed by atoms with Crippen molar-refractivity contribution in [3.8, 4) is 0 Å². The molecule has 0 bridgehead atoms. The molecule has 0 heterocycles. The van der Waals surface area contributed by atoms with Crippen LogP contribution in [0.5, 0.6) is 0 Å². The average Bonchev–Trinajstić information content (AvgIpc) is 2.93. The zero-order valence-electron chi connectivity index (χ0n) is 21.5. The van der Waals surface area contributed by atoms with Crippen molar-refractivity contribution in [3.05, 3.63) is 106 Å². The Morgan fingerprint density at radius 3 is 2.26 bits per heavy atom. The number of hydrogen-bond donors (Lipinski definition) is 1. The summed E-state index contributed by atoms with van der Waals surface area (Å²) in [6.07, 6.45) is 5.87. The lowest BCUT2D eigenvalue weighted by Crippen LogP contribution is -2.53. The topological polar surface area (TPSA) is 49.4 Å². The van der Waals surface area contributed by atoms with E-state index in [0.717, 1.165) is 42.4 Å². The van der Waals surface area contributed by atoms with E-state index in [9.17, 15) is 9.59 Å². The fourth-order valence-corrected chi connectivity index (χ4v) is 6.02. The Bertz CT molecular complexity index is 1180. The minimum absolute atomic E-state index is 0.0800. The molecule has 1 aliphatic carbocycles. The molecule has 0 spiro atoms. The second kappa shape index (κ2) is 14.6. The maximum Gasteiger partial charge on any atom is 0.243 e. The summed E-state index contributed by atoms with van der Waals surface area (Å²) >= 11 is 14.1. The highest BCUT2D eigenvalue weighted by Crippen LogP contribution is 2.24.